The van der Waals surface area contributed by atoms with Gasteiger partial charge in [-0.05, 0) is 26.0 Å². The molecule has 3 aromatic heterocycles. The fraction of sp³-hybridized carbons (Fsp3) is 0.250. The number of rotatable bonds is 3. The van der Waals surface area contributed by atoms with Gasteiger partial charge < -0.3 is 0 Å². The lowest BCUT2D eigenvalue weighted by atomic mass is 10.1. The van der Waals surface area contributed by atoms with Crippen LogP contribution in [0.15, 0.2) is 32.7 Å². The molecule has 0 radical (unpaired) electrons. The van der Waals surface area contributed by atoms with Crippen LogP contribution in [0.25, 0.3) is 16.7 Å². The van der Waals surface area contributed by atoms with Crippen molar-refractivity contribution in [2.45, 2.75) is 23.9 Å². The Morgan fingerprint density at radius 3 is 2.83 bits per heavy atom. The number of hydrogen-bond acceptors (Lipinski definition) is 6. The van der Waals surface area contributed by atoms with E-state index in [0.717, 1.165) is 26.9 Å². The van der Waals surface area contributed by atoms with E-state index in [1.54, 1.807) is 34.7 Å². The van der Waals surface area contributed by atoms with Crippen molar-refractivity contribution < 1.29 is 0 Å². The molecule has 4 rings (SSSR count). The Morgan fingerprint density at radius 1 is 1.25 bits per heavy atom. The first kappa shape index (κ1) is 15.3. The molecule has 0 spiro atoms. The van der Waals surface area contributed by atoms with Crippen LogP contribution in [0.1, 0.15) is 17.1 Å². The zero-order chi connectivity index (χ0) is 16.8. The van der Waals surface area contributed by atoms with E-state index in [9.17, 15) is 4.79 Å². The predicted octanol–water partition coefficient (Wildman–Crippen LogP) is 2.95. The van der Waals surface area contributed by atoms with E-state index >= 15 is 0 Å². The second-order valence-electron chi connectivity index (χ2n) is 5.68. The second kappa shape index (κ2) is 5.71. The smallest absolute Gasteiger partial charge is 0.262 e. The molecule has 8 heteroatoms. The lowest BCUT2D eigenvalue weighted by Crippen LogP contribution is -2.20. The average Bonchev–Trinajstić information content (AvgIpc) is 3.17. The van der Waals surface area contributed by atoms with Crippen LogP contribution < -0.4 is 5.56 Å². The van der Waals surface area contributed by atoms with E-state index in [4.69, 9.17) is 0 Å². The number of nitrogens with zero attached hydrogens (tertiary/aromatic N) is 5. The Balaban J connectivity index is 1.88. The highest BCUT2D eigenvalue weighted by Gasteiger charge is 2.15. The van der Waals surface area contributed by atoms with Gasteiger partial charge in [-0.15, -0.1) is 21.5 Å². The van der Waals surface area contributed by atoms with Crippen molar-refractivity contribution in [3.63, 3.8) is 0 Å². The molecule has 6 nitrogen and oxygen atoms in total. The molecule has 3 heterocycles. The molecular weight excluding hydrogens is 342 g/mol. The summed E-state index contributed by atoms with van der Waals surface area (Å²) >= 11 is 3.26. The van der Waals surface area contributed by atoms with Crippen molar-refractivity contribution in [1.29, 1.82) is 0 Å². The summed E-state index contributed by atoms with van der Waals surface area (Å²) in [5.41, 5.74) is 2.87. The minimum absolute atomic E-state index is 0.0525. The van der Waals surface area contributed by atoms with Crippen molar-refractivity contribution in [2.24, 2.45) is 7.05 Å². The number of hydrogen-bond donors (Lipinski definition) is 0. The SMILES string of the molecule is Cc1ccc2c(c1)c(=O)n(C)c1nnc(CSc3nc(C)cs3)n21. The summed E-state index contributed by atoms with van der Waals surface area (Å²) in [5, 5.41) is 11.2. The molecular formula is C16H15N5OS2. The molecule has 0 fully saturated rings. The van der Waals surface area contributed by atoms with Crippen LogP contribution in [0.2, 0.25) is 0 Å². The third-order valence-corrected chi connectivity index (χ3v) is 6.00. The molecule has 0 saturated carbocycles. The van der Waals surface area contributed by atoms with Crippen molar-refractivity contribution in [1.82, 2.24) is 24.1 Å². The Morgan fingerprint density at radius 2 is 2.08 bits per heavy atom. The van der Waals surface area contributed by atoms with Crippen LogP contribution in [0.4, 0.5) is 0 Å². The molecule has 0 N–H and O–H groups in total. The highest BCUT2D eigenvalue weighted by Crippen LogP contribution is 2.26. The Labute approximate surface area is 146 Å². The first-order valence-corrected chi connectivity index (χ1v) is 9.29. The first-order chi connectivity index (χ1) is 11.5. The van der Waals surface area contributed by atoms with E-state index in [0.29, 0.717) is 16.9 Å². The number of thioether (sulfide) groups is 1. The standard InChI is InChI=1S/C16H15N5OS2/c1-9-4-5-12-11(6-9)14(22)20(3)15-19-18-13(21(12)15)8-24-16-17-10(2)7-23-16/h4-7H,8H2,1-3H3. The summed E-state index contributed by atoms with van der Waals surface area (Å²) in [7, 11) is 1.73. The van der Waals surface area contributed by atoms with Gasteiger partial charge >= 0.3 is 0 Å². The molecule has 0 aliphatic rings. The van der Waals surface area contributed by atoms with Gasteiger partial charge in [-0.2, -0.15) is 0 Å². The molecule has 0 saturated heterocycles. The number of aryl methyl sites for hydroxylation is 3. The van der Waals surface area contributed by atoms with Crippen LogP contribution in [0.5, 0.6) is 0 Å². The molecule has 24 heavy (non-hydrogen) atoms. The van der Waals surface area contributed by atoms with E-state index in [-0.39, 0.29) is 5.56 Å². The number of fused-ring (bicyclic) bond motifs is 3. The maximum Gasteiger partial charge on any atom is 0.262 e. The molecule has 0 unspecified atom stereocenters. The molecule has 122 valence electrons. The molecule has 0 aliphatic heterocycles. The van der Waals surface area contributed by atoms with Gasteiger partial charge in [0.1, 0.15) is 5.82 Å². The fourth-order valence-electron chi connectivity index (χ4n) is 2.68. The first-order valence-electron chi connectivity index (χ1n) is 7.43. The highest BCUT2D eigenvalue weighted by atomic mass is 32.2. The normalized spacial score (nSPS) is 11.6. The Bertz CT molecular complexity index is 1120. The van der Waals surface area contributed by atoms with Gasteiger partial charge in [0.15, 0.2) is 4.34 Å². The van der Waals surface area contributed by atoms with Crippen LogP contribution in [-0.2, 0) is 12.8 Å². The monoisotopic (exact) mass is 357 g/mol. The number of aromatic nitrogens is 5. The molecule has 1 aromatic carbocycles. The lowest BCUT2D eigenvalue weighted by molar-refractivity contribution is 0.857. The van der Waals surface area contributed by atoms with Gasteiger partial charge in [-0.1, -0.05) is 23.4 Å². The van der Waals surface area contributed by atoms with Gasteiger partial charge in [0.25, 0.3) is 5.56 Å². The molecule has 0 atom stereocenters. The minimum atomic E-state index is -0.0525. The topological polar surface area (TPSA) is 65.1 Å². The number of thiazole rings is 1. The van der Waals surface area contributed by atoms with Gasteiger partial charge in [0, 0.05) is 18.1 Å². The van der Waals surface area contributed by atoms with E-state index in [1.165, 1.54) is 0 Å². The van der Waals surface area contributed by atoms with Gasteiger partial charge in [0.05, 0.1) is 16.7 Å². The van der Waals surface area contributed by atoms with E-state index in [2.05, 4.69) is 15.2 Å². The van der Waals surface area contributed by atoms with Crippen molar-refractivity contribution >= 4 is 39.8 Å². The fourth-order valence-corrected chi connectivity index (χ4v) is 4.44. The summed E-state index contributed by atoms with van der Waals surface area (Å²) in [6.07, 6.45) is 0. The Hall–Kier alpha value is -2.19. The summed E-state index contributed by atoms with van der Waals surface area (Å²) in [4.78, 5) is 17.0. The van der Waals surface area contributed by atoms with E-state index < -0.39 is 0 Å². The maximum atomic E-state index is 12.6. The zero-order valence-electron chi connectivity index (χ0n) is 13.5. The number of benzene rings is 1. The summed E-state index contributed by atoms with van der Waals surface area (Å²) < 4.78 is 4.52. The van der Waals surface area contributed by atoms with E-state index in [1.807, 2.05) is 41.8 Å². The lowest BCUT2D eigenvalue weighted by Gasteiger charge is -2.08. The third-order valence-electron chi connectivity index (χ3n) is 3.86. The third kappa shape index (κ3) is 2.42. The van der Waals surface area contributed by atoms with Crippen molar-refractivity contribution in [3.05, 3.63) is 51.0 Å². The largest absolute Gasteiger partial charge is 0.279 e. The predicted molar refractivity (Wildman–Crippen MR) is 96.9 cm³/mol. The molecule has 0 aliphatic carbocycles. The van der Waals surface area contributed by atoms with Gasteiger partial charge in [-0.3, -0.25) is 13.8 Å². The zero-order valence-corrected chi connectivity index (χ0v) is 15.1. The summed E-state index contributed by atoms with van der Waals surface area (Å²) in [6.45, 7) is 3.97. The van der Waals surface area contributed by atoms with Gasteiger partial charge in [0.2, 0.25) is 5.78 Å². The summed E-state index contributed by atoms with van der Waals surface area (Å²) in [6, 6.07) is 5.88. The molecule has 4 aromatic rings. The Kier molecular flexibility index (Phi) is 3.65. The highest BCUT2D eigenvalue weighted by molar-refractivity contribution is 8.00. The molecule has 0 amide bonds. The minimum Gasteiger partial charge on any atom is -0.279 e. The average molecular weight is 357 g/mol. The van der Waals surface area contributed by atoms with Crippen LogP contribution in [0.3, 0.4) is 0 Å². The van der Waals surface area contributed by atoms with Crippen molar-refractivity contribution in [3.8, 4) is 0 Å². The second-order valence-corrected chi connectivity index (χ2v) is 7.76. The summed E-state index contributed by atoms with van der Waals surface area (Å²) in [5.74, 6) is 2.02. The maximum absolute atomic E-state index is 12.6. The van der Waals surface area contributed by atoms with Crippen molar-refractivity contribution in [2.75, 3.05) is 0 Å². The van der Waals surface area contributed by atoms with Crippen LogP contribution in [-0.4, -0.2) is 24.1 Å². The molecule has 0 bridgehead atoms. The van der Waals surface area contributed by atoms with Gasteiger partial charge in [-0.25, -0.2) is 4.98 Å². The van der Waals surface area contributed by atoms with Crippen LogP contribution >= 0.6 is 23.1 Å². The van der Waals surface area contributed by atoms with Crippen LogP contribution in [0, 0.1) is 13.8 Å². The quantitative estimate of drug-likeness (QED) is 0.528.